The van der Waals surface area contributed by atoms with Gasteiger partial charge in [-0.3, -0.25) is 10.1 Å². The summed E-state index contributed by atoms with van der Waals surface area (Å²) in [4.78, 5) is 12.2. The van der Waals surface area contributed by atoms with E-state index in [2.05, 4.69) is 10.6 Å². The van der Waals surface area contributed by atoms with Crippen LogP contribution < -0.4 is 10.6 Å². The molecule has 110 valence electrons. The third-order valence-corrected chi connectivity index (χ3v) is 3.52. The van der Waals surface area contributed by atoms with Crippen molar-refractivity contribution < 1.29 is 4.79 Å². The average molecular weight is 303 g/mol. The van der Waals surface area contributed by atoms with Crippen LogP contribution in [0.25, 0.3) is 0 Å². The molecule has 21 heavy (non-hydrogen) atoms. The summed E-state index contributed by atoms with van der Waals surface area (Å²) in [6.45, 7) is 3.89. The van der Waals surface area contributed by atoms with Crippen molar-refractivity contribution in [1.29, 1.82) is 0 Å². The van der Waals surface area contributed by atoms with Crippen molar-refractivity contribution in [2.75, 3.05) is 5.32 Å². The molecular formula is C17H19ClN2O. The second kappa shape index (κ2) is 7.25. The first-order chi connectivity index (χ1) is 10.1. The molecule has 3 nitrogen and oxygen atoms in total. The topological polar surface area (TPSA) is 41.1 Å². The molecule has 0 bridgehead atoms. The normalized spacial score (nSPS) is 13.5. The molecule has 2 rings (SSSR count). The highest BCUT2D eigenvalue weighted by molar-refractivity contribution is 6.30. The number of rotatable bonds is 5. The zero-order chi connectivity index (χ0) is 15.2. The van der Waals surface area contributed by atoms with Gasteiger partial charge in [-0.25, -0.2) is 0 Å². The van der Waals surface area contributed by atoms with Gasteiger partial charge in [-0.1, -0.05) is 48.0 Å². The Labute approximate surface area is 130 Å². The van der Waals surface area contributed by atoms with Gasteiger partial charge in [-0.2, -0.15) is 0 Å². The molecule has 0 aliphatic heterocycles. The quantitative estimate of drug-likeness (QED) is 0.876. The van der Waals surface area contributed by atoms with Gasteiger partial charge in [-0.05, 0) is 37.6 Å². The second-order valence-electron chi connectivity index (χ2n) is 5.02. The van der Waals surface area contributed by atoms with Gasteiger partial charge in [0.15, 0.2) is 0 Å². The minimum atomic E-state index is -0.306. The van der Waals surface area contributed by atoms with E-state index in [4.69, 9.17) is 11.6 Å². The molecule has 0 fully saturated rings. The van der Waals surface area contributed by atoms with E-state index in [0.717, 1.165) is 5.56 Å². The van der Waals surface area contributed by atoms with Gasteiger partial charge in [0.25, 0.3) is 0 Å². The molecule has 0 aliphatic carbocycles. The lowest BCUT2D eigenvalue weighted by Crippen LogP contribution is -2.39. The first-order valence-electron chi connectivity index (χ1n) is 6.93. The Balaban J connectivity index is 1.93. The highest BCUT2D eigenvalue weighted by Crippen LogP contribution is 2.16. The number of amides is 1. The Morgan fingerprint density at radius 2 is 1.76 bits per heavy atom. The third-order valence-electron chi connectivity index (χ3n) is 3.29. The van der Waals surface area contributed by atoms with E-state index >= 15 is 0 Å². The molecule has 0 spiro atoms. The van der Waals surface area contributed by atoms with E-state index in [9.17, 15) is 4.79 Å². The molecule has 4 heteroatoms. The van der Waals surface area contributed by atoms with Crippen molar-refractivity contribution in [3.63, 3.8) is 0 Å². The third kappa shape index (κ3) is 4.59. The molecule has 0 heterocycles. The molecule has 0 unspecified atom stereocenters. The number of hydrogen-bond acceptors (Lipinski definition) is 2. The molecule has 2 N–H and O–H groups in total. The predicted octanol–water partition coefficient (Wildman–Crippen LogP) is 4.02. The number of carbonyl (C=O) groups excluding carboxylic acids is 1. The van der Waals surface area contributed by atoms with Gasteiger partial charge in [0.2, 0.25) is 5.91 Å². The molecule has 2 atom stereocenters. The fourth-order valence-electron chi connectivity index (χ4n) is 2.11. The maximum atomic E-state index is 12.2. The largest absolute Gasteiger partial charge is 0.325 e. The van der Waals surface area contributed by atoms with Crippen molar-refractivity contribution in [2.24, 2.45) is 0 Å². The summed E-state index contributed by atoms with van der Waals surface area (Å²) in [6, 6.07) is 17.0. The van der Waals surface area contributed by atoms with Crippen LogP contribution in [0.3, 0.4) is 0 Å². The molecule has 0 aliphatic rings. The van der Waals surface area contributed by atoms with E-state index in [1.165, 1.54) is 0 Å². The van der Waals surface area contributed by atoms with Crippen molar-refractivity contribution >= 4 is 23.2 Å². The van der Waals surface area contributed by atoms with Crippen LogP contribution in [-0.2, 0) is 4.79 Å². The standard InChI is InChI=1S/C17H19ClN2O/c1-12(14-7-4-3-5-8-14)19-13(2)17(21)20-16-10-6-9-15(18)11-16/h3-13,19H,1-2H3,(H,20,21)/t12-,13-/m0/s1. The lowest BCUT2D eigenvalue weighted by atomic mass is 10.1. The van der Waals surface area contributed by atoms with Gasteiger partial charge in [0.05, 0.1) is 6.04 Å². The highest BCUT2D eigenvalue weighted by Gasteiger charge is 2.16. The Morgan fingerprint density at radius 1 is 1.05 bits per heavy atom. The van der Waals surface area contributed by atoms with E-state index in [0.29, 0.717) is 10.7 Å². The number of hydrogen-bond donors (Lipinski definition) is 2. The van der Waals surface area contributed by atoms with E-state index in [1.807, 2.05) is 56.3 Å². The zero-order valence-corrected chi connectivity index (χ0v) is 12.9. The minimum Gasteiger partial charge on any atom is -0.325 e. The predicted molar refractivity (Wildman–Crippen MR) is 87.5 cm³/mol. The molecule has 0 saturated heterocycles. The summed E-state index contributed by atoms with van der Waals surface area (Å²) in [5.41, 5.74) is 1.86. The van der Waals surface area contributed by atoms with E-state index < -0.39 is 0 Å². The molecule has 0 aromatic heterocycles. The van der Waals surface area contributed by atoms with Crippen molar-refractivity contribution in [1.82, 2.24) is 5.32 Å². The summed E-state index contributed by atoms with van der Waals surface area (Å²) in [7, 11) is 0. The smallest absolute Gasteiger partial charge is 0.241 e. The molecule has 2 aromatic carbocycles. The van der Waals surface area contributed by atoms with Gasteiger partial charge >= 0.3 is 0 Å². The van der Waals surface area contributed by atoms with E-state index in [-0.39, 0.29) is 18.0 Å². The first-order valence-corrected chi connectivity index (χ1v) is 7.31. The SMILES string of the molecule is C[C@H](N[C@@H](C)c1ccccc1)C(=O)Nc1cccc(Cl)c1. The molecular weight excluding hydrogens is 284 g/mol. The van der Waals surface area contributed by atoms with Crippen molar-refractivity contribution in [3.8, 4) is 0 Å². The first kappa shape index (κ1) is 15.5. The summed E-state index contributed by atoms with van der Waals surface area (Å²) in [5, 5.41) is 6.74. The fraction of sp³-hybridized carbons (Fsp3) is 0.235. The van der Waals surface area contributed by atoms with Crippen LogP contribution in [0.5, 0.6) is 0 Å². The van der Waals surface area contributed by atoms with Gasteiger partial charge < -0.3 is 5.32 Å². The van der Waals surface area contributed by atoms with E-state index in [1.54, 1.807) is 12.1 Å². The molecule has 1 amide bonds. The molecule has 2 aromatic rings. The lowest BCUT2D eigenvalue weighted by molar-refractivity contribution is -0.117. The minimum absolute atomic E-state index is 0.0833. The number of benzene rings is 2. The maximum Gasteiger partial charge on any atom is 0.241 e. The average Bonchev–Trinajstić information content (AvgIpc) is 2.48. The fourth-order valence-corrected chi connectivity index (χ4v) is 2.30. The highest BCUT2D eigenvalue weighted by atomic mass is 35.5. The van der Waals surface area contributed by atoms with Gasteiger partial charge in [0, 0.05) is 16.8 Å². The van der Waals surface area contributed by atoms with Crippen molar-refractivity contribution in [3.05, 3.63) is 65.2 Å². The van der Waals surface area contributed by atoms with Crippen LogP contribution in [-0.4, -0.2) is 11.9 Å². The van der Waals surface area contributed by atoms with Crippen LogP contribution in [0.1, 0.15) is 25.5 Å². The van der Waals surface area contributed by atoms with Gasteiger partial charge in [-0.15, -0.1) is 0 Å². The summed E-state index contributed by atoms with van der Waals surface area (Å²) in [5.74, 6) is -0.0833. The van der Waals surface area contributed by atoms with Crippen molar-refractivity contribution in [2.45, 2.75) is 25.9 Å². The Kier molecular flexibility index (Phi) is 5.37. The van der Waals surface area contributed by atoms with Crippen LogP contribution >= 0.6 is 11.6 Å². The summed E-state index contributed by atoms with van der Waals surface area (Å²) >= 11 is 5.91. The lowest BCUT2D eigenvalue weighted by Gasteiger charge is -2.20. The number of anilines is 1. The maximum absolute atomic E-state index is 12.2. The second-order valence-corrected chi connectivity index (χ2v) is 5.46. The van der Waals surface area contributed by atoms with Crippen LogP contribution in [0.2, 0.25) is 5.02 Å². The number of halogens is 1. The number of nitrogens with one attached hydrogen (secondary N) is 2. The van der Waals surface area contributed by atoms with Crippen LogP contribution in [0.15, 0.2) is 54.6 Å². The van der Waals surface area contributed by atoms with Gasteiger partial charge in [0.1, 0.15) is 0 Å². The summed E-state index contributed by atoms with van der Waals surface area (Å²) < 4.78 is 0. The zero-order valence-electron chi connectivity index (χ0n) is 12.1. The monoisotopic (exact) mass is 302 g/mol. The summed E-state index contributed by atoms with van der Waals surface area (Å²) in [6.07, 6.45) is 0. The Hall–Kier alpha value is -1.84. The van der Waals surface area contributed by atoms with Crippen LogP contribution in [0, 0.1) is 0 Å². The van der Waals surface area contributed by atoms with Crippen LogP contribution in [0.4, 0.5) is 5.69 Å². The molecule has 0 saturated carbocycles. The Morgan fingerprint density at radius 3 is 2.43 bits per heavy atom. The number of carbonyl (C=O) groups is 1. The molecule has 0 radical (unpaired) electrons. The Bertz CT molecular complexity index is 601.